The van der Waals surface area contributed by atoms with Crippen molar-refractivity contribution >= 4 is 17.5 Å². The van der Waals surface area contributed by atoms with Crippen LogP contribution in [0.4, 0.5) is 13.2 Å². The smallest absolute Gasteiger partial charge is 0.417 e. The van der Waals surface area contributed by atoms with Crippen molar-refractivity contribution in [3.8, 4) is 5.75 Å². The molecule has 226 valence electrons. The van der Waals surface area contributed by atoms with Gasteiger partial charge in [0.1, 0.15) is 22.8 Å². The number of phenolic OH excluding ortho intramolecular Hbond substituents is 1. The van der Waals surface area contributed by atoms with Crippen LogP contribution in [0.15, 0.2) is 53.0 Å². The van der Waals surface area contributed by atoms with Gasteiger partial charge in [0.15, 0.2) is 11.4 Å². The quantitative estimate of drug-likeness (QED) is 0.285. The van der Waals surface area contributed by atoms with Gasteiger partial charge in [0.05, 0.1) is 11.1 Å². The zero-order valence-corrected chi connectivity index (χ0v) is 22.8. The van der Waals surface area contributed by atoms with Gasteiger partial charge in [-0.05, 0) is 72.4 Å². The number of Topliss-reactive ketones (excluding diaryl/α,β-unsaturated/α-hetero) is 2. The monoisotopic (exact) mass is 598 g/mol. The maximum Gasteiger partial charge on any atom is 0.417 e. The third kappa shape index (κ3) is 4.42. The lowest BCUT2D eigenvalue weighted by molar-refractivity contribution is -0.144. The molecule has 1 amide bonds. The number of allylic oxidation sites excluding steroid dienone is 2. The van der Waals surface area contributed by atoms with Crippen LogP contribution in [0.2, 0.25) is 0 Å². The first kappa shape index (κ1) is 28.9. The van der Waals surface area contributed by atoms with E-state index in [1.165, 1.54) is 11.1 Å². The predicted octanol–water partition coefficient (Wildman–Crippen LogP) is 3.10. The number of alkyl halides is 3. The number of amides is 1. The molecule has 7 N–H and O–H groups in total. The zero-order valence-electron chi connectivity index (χ0n) is 22.8. The van der Waals surface area contributed by atoms with E-state index in [0.29, 0.717) is 6.54 Å². The summed E-state index contributed by atoms with van der Waals surface area (Å²) in [6, 6.07) is 8.82. The minimum absolute atomic E-state index is 0.190. The van der Waals surface area contributed by atoms with Crippen LogP contribution < -0.4 is 11.1 Å². The first-order chi connectivity index (χ1) is 20.2. The second-order valence-electron chi connectivity index (χ2n) is 11.9. The van der Waals surface area contributed by atoms with Crippen LogP contribution in [-0.4, -0.2) is 50.0 Å². The topological polar surface area (TPSA) is 170 Å². The Bertz CT molecular complexity index is 1640. The molecule has 1 unspecified atom stereocenters. The van der Waals surface area contributed by atoms with Gasteiger partial charge in [0, 0.05) is 24.5 Å². The van der Waals surface area contributed by atoms with E-state index in [0.717, 1.165) is 18.9 Å². The summed E-state index contributed by atoms with van der Waals surface area (Å²) in [5.74, 6) is -8.57. The van der Waals surface area contributed by atoms with Crippen LogP contribution in [0.25, 0.3) is 0 Å². The van der Waals surface area contributed by atoms with E-state index < -0.39 is 99.0 Å². The van der Waals surface area contributed by atoms with E-state index in [-0.39, 0.29) is 24.4 Å². The second-order valence-corrected chi connectivity index (χ2v) is 11.9. The minimum Gasteiger partial charge on any atom is -0.511 e. The molecule has 0 heterocycles. The van der Waals surface area contributed by atoms with Crippen molar-refractivity contribution in [2.75, 3.05) is 6.54 Å². The number of primary amides is 1. The van der Waals surface area contributed by atoms with Crippen molar-refractivity contribution in [3.63, 3.8) is 0 Å². The van der Waals surface area contributed by atoms with Gasteiger partial charge in [0.25, 0.3) is 5.91 Å². The molecule has 0 aromatic heterocycles. The van der Waals surface area contributed by atoms with Crippen molar-refractivity contribution in [2.45, 2.75) is 50.4 Å². The average molecular weight is 599 g/mol. The largest absolute Gasteiger partial charge is 0.511 e. The van der Waals surface area contributed by atoms with Gasteiger partial charge in [0.2, 0.25) is 5.78 Å². The number of halogens is 3. The number of nitrogens with one attached hydrogen (secondary N) is 1. The number of ketones is 2. The third-order valence-corrected chi connectivity index (χ3v) is 9.31. The molecule has 2 aromatic carbocycles. The lowest BCUT2D eigenvalue weighted by Gasteiger charge is -2.45. The summed E-state index contributed by atoms with van der Waals surface area (Å²) in [4.78, 5) is 38.5. The van der Waals surface area contributed by atoms with E-state index in [2.05, 4.69) is 5.32 Å². The van der Waals surface area contributed by atoms with Crippen molar-refractivity contribution < 1.29 is 48.0 Å². The standard InChI is InChI=1S/C31H29F3N2O7/c32-31(33,34)25-17(12-36-11-13-5-14-3-1-2-4-15(14)6-13)9-20(37)23-19(25)8-16-7-18-10-21(38)24(29(35)42)28(41)30(18,43)27(40)22(16)26(23)39/h1-4,9,13,16,18,36-38,40,43H,5-8,10-12H2,(H2,35,42)/t16?,18-,30-/m0/s1. The van der Waals surface area contributed by atoms with Crippen molar-refractivity contribution in [2.24, 2.45) is 23.5 Å². The summed E-state index contributed by atoms with van der Waals surface area (Å²) < 4.78 is 43.8. The number of phenols is 1. The molecule has 0 radical (unpaired) electrons. The van der Waals surface area contributed by atoms with Crippen molar-refractivity contribution in [1.82, 2.24) is 5.32 Å². The molecule has 0 saturated carbocycles. The molecule has 4 aliphatic carbocycles. The van der Waals surface area contributed by atoms with Gasteiger partial charge in [-0.2, -0.15) is 13.2 Å². The first-order valence-corrected chi connectivity index (χ1v) is 13.9. The Morgan fingerprint density at radius 2 is 1.70 bits per heavy atom. The van der Waals surface area contributed by atoms with Gasteiger partial charge < -0.3 is 31.5 Å². The van der Waals surface area contributed by atoms with Gasteiger partial charge >= 0.3 is 6.18 Å². The van der Waals surface area contributed by atoms with Gasteiger partial charge in [-0.3, -0.25) is 14.4 Å². The van der Waals surface area contributed by atoms with E-state index in [9.17, 15) is 48.0 Å². The van der Waals surface area contributed by atoms with Crippen molar-refractivity contribution in [1.29, 1.82) is 0 Å². The number of hydrogen-bond donors (Lipinski definition) is 6. The highest BCUT2D eigenvalue weighted by Crippen LogP contribution is 2.53. The van der Waals surface area contributed by atoms with Gasteiger partial charge in [-0.25, -0.2) is 0 Å². The minimum atomic E-state index is -4.89. The summed E-state index contributed by atoms with van der Waals surface area (Å²) in [6.45, 7) is 0.214. The van der Waals surface area contributed by atoms with E-state index in [1.807, 2.05) is 24.3 Å². The summed E-state index contributed by atoms with van der Waals surface area (Å²) in [5.41, 5.74) is 0.958. The van der Waals surface area contributed by atoms with Crippen LogP contribution in [0.3, 0.4) is 0 Å². The van der Waals surface area contributed by atoms with Gasteiger partial charge in [-0.15, -0.1) is 0 Å². The van der Waals surface area contributed by atoms with E-state index in [1.54, 1.807) is 0 Å². The van der Waals surface area contributed by atoms with E-state index in [4.69, 9.17) is 5.73 Å². The fourth-order valence-corrected chi connectivity index (χ4v) is 7.46. The fourth-order valence-electron chi connectivity index (χ4n) is 7.46. The SMILES string of the molecule is NC(=O)C1=C(O)C[C@@H]2CC3Cc4c(c(O)cc(CNCC5Cc6ccccc6C5)c4C(F)(F)F)C(=O)C3=C(O)[C@]2(O)C1=O. The average Bonchev–Trinajstić information content (AvgIpc) is 3.32. The Labute approximate surface area is 243 Å². The molecule has 9 nitrogen and oxygen atoms in total. The Morgan fingerprint density at radius 1 is 1.05 bits per heavy atom. The van der Waals surface area contributed by atoms with E-state index >= 15 is 0 Å². The summed E-state index contributed by atoms with van der Waals surface area (Å²) >= 11 is 0. The number of nitrogens with two attached hydrogens (primary N) is 1. The number of benzene rings is 2. The second kappa shape index (κ2) is 9.95. The highest BCUT2D eigenvalue weighted by atomic mass is 19.4. The third-order valence-electron chi connectivity index (χ3n) is 9.31. The molecule has 12 heteroatoms. The maximum atomic E-state index is 14.6. The van der Waals surface area contributed by atoms with Gasteiger partial charge in [-0.1, -0.05) is 24.3 Å². The Balaban J connectivity index is 1.35. The molecule has 0 bridgehead atoms. The highest BCUT2D eigenvalue weighted by molar-refractivity contribution is 6.24. The fraction of sp³-hybridized carbons (Fsp3) is 0.387. The molecule has 3 atom stereocenters. The molecular weight excluding hydrogens is 569 g/mol. The number of aromatic hydroxyl groups is 1. The lowest BCUT2D eigenvalue weighted by atomic mass is 9.60. The lowest BCUT2D eigenvalue weighted by Crippen LogP contribution is -2.57. The maximum absolute atomic E-state index is 14.6. The molecule has 0 fully saturated rings. The first-order valence-electron chi connectivity index (χ1n) is 13.9. The zero-order chi connectivity index (χ0) is 31.0. The van der Waals surface area contributed by atoms with Crippen LogP contribution in [0.1, 0.15) is 51.0 Å². The van der Waals surface area contributed by atoms with Crippen LogP contribution >= 0.6 is 0 Å². The Kier molecular flexibility index (Phi) is 6.70. The van der Waals surface area contributed by atoms with Crippen LogP contribution in [0.5, 0.6) is 5.75 Å². The molecule has 4 aliphatic rings. The summed E-state index contributed by atoms with van der Waals surface area (Å²) in [6.07, 6.45) is -4.46. The van der Waals surface area contributed by atoms with Crippen molar-refractivity contribution in [3.05, 3.63) is 86.4 Å². The molecule has 2 aromatic rings. The van der Waals surface area contributed by atoms with Crippen LogP contribution in [0, 0.1) is 17.8 Å². The Hall–Kier alpha value is -4.16. The predicted molar refractivity (Wildman–Crippen MR) is 145 cm³/mol. The normalized spacial score (nSPS) is 25.4. The number of hydrogen-bond acceptors (Lipinski definition) is 8. The molecule has 0 spiro atoms. The highest BCUT2D eigenvalue weighted by Gasteiger charge is 2.60. The summed E-state index contributed by atoms with van der Waals surface area (Å²) in [7, 11) is 0. The Morgan fingerprint density at radius 3 is 2.30 bits per heavy atom. The number of carbonyl (C=O) groups is 3. The number of fused-ring (bicyclic) bond motifs is 4. The summed E-state index contributed by atoms with van der Waals surface area (Å²) in [5, 5.41) is 46.6. The number of aliphatic hydroxyl groups is 3. The molecule has 43 heavy (non-hydrogen) atoms. The molecular formula is C31H29F3N2O7. The molecule has 6 rings (SSSR count). The van der Waals surface area contributed by atoms with Crippen LogP contribution in [-0.2, 0) is 41.6 Å². The number of carbonyl (C=O) groups excluding carboxylic acids is 3. The number of rotatable bonds is 5. The molecule has 0 saturated heterocycles. The number of aliphatic hydroxyl groups excluding tert-OH is 2. The molecule has 0 aliphatic heterocycles.